The van der Waals surface area contributed by atoms with Crippen molar-refractivity contribution in [3.63, 3.8) is 0 Å². The number of nitrogens with zero attached hydrogens (tertiary/aromatic N) is 5. The van der Waals surface area contributed by atoms with Gasteiger partial charge in [0.05, 0.1) is 16.7 Å². The van der Waals surface area contributed by atoms with E-state index in [2.05, 4.69) is 36.0 Å². The highest BCUT2D eigenvalue weighted by Gasteiger charge is 2.22. The van der Waals surface area contributed by atoms with E-state index in [4.69, 9.17) is 0 Å². The monoisotopic (exact) mass is 548 g/mol. The summed E-state index contributed by atoms with van der Waals surface area (Å²) in [6, 6.07) is 9.75. The number of piperazine rings is 1. The fourth-order valence-electron chi connectivity index (χ4n) is 3.70. The quantitative estimate of drug-likeness (QED) is 0.410. The lowest BCUT2D eigenvalue weighted by molar-refractivity contribution is 0.604. The SMILES string of the molecule is CS(=O)(=O)c1ccc(N2CCN(c3ncnc4ccc(-c5cn[nH]c5)cc34)CC2)s1.Cl.Cl.Cl. The highest BCUT2D eigenvalue weighted by Crippen LogP contribution is 2.32. The van der Waals surface area contributed by atoms with Crippen molar-refractivity contribution in [1.29, 1.82) is 0 Å². The Balaban J connectivity index is 0.00000128. The van der Waals surface area contributed by atoms with Crippen LogP contribution < -0.4 is 9.80 Å². The Morgan fingerprint density at radius 2 is 1.67 bits per heavy atom. The standard InChI is InChI=1S/C20H20N6O2S2.3ClH/c1-30(27,28)19-5-4-18(29-19)25-6-8-26(9-7-25)20-16-10-14(15-11-23-24-12-15)2-3-17(16)21-13-22-20;;;/h2-5,10-13H,6-9H2,1H3,(H,23,24);3*1H. The van der Waals surface area contributed by atoms with Crippen molar-refractivity contribution < 1.29 is 8.42 Å². The lowest BCUT2D eigenvalue weighted by Gasteiger charge is -2.36. The summed E-state index contributed by atoms with van der Waals surface area (Å²) in [5.41, 5.74) is 3.00. The number of rotatable bonds is 4. The molecule has 1 fully saturated rings. The molecule has 1 N–H and O–H groups in total. The number of halogens is 3. The summed E-state index contributed by atoms with van der Waals surface area (Å²) in [7, 11) is -3.16. The maximum absolute atomic E-state index is 11.8. The van der Waals surface area contributed by atoms with E-state index in [0.29, 0.717) is 4.21 Å². The number of aromatic nitrogens is 4. The molecule has 0 bridgehead atoms. The molecule has 1 aliphatic rings. The minimum absolute atomic E-state index is 0. The van der Waals surface area contributed by atoms with E-state index >= 15 is 0 Å². The predicted octanol–water partition coefficient (Wildman–Crippen LogP) is 4.08. The number of nitrogens with one attached hydrogen (secondary N) is 1. The summed E-state index contributed by atoms with van der Waals surface area (Å²) in [6.07, 6.45) is 6.53. The van der Waals surface area contributed by atoms with Crippen LogP contribution in [0.2, 0.25) is 0 Å². The van der Waals surface area contributed by atoms with Crippen LogP contribution in [-0.2, 0) is 9.84 Å². The smallest absolute Gasteiger partial charge is 0.184 e. The van der Waals surface area contributed by atoms with Gasteiger partial charge >= 0.3 is 0 Å². The molecule has 5 rings (SSSR count). The number of H-pyrrole nitrogens is 1. The predicted molar refractivity (Wildman–Crippen MR) is 141 cm³/mol. The topological polar surface area (TPSA) is 95.1 Å². The molecule has 3 aromatic heterocycles. The fraction of sp³-hybridized carbons (Fsp3) is 0.250. The molecule has 178 valence electrons. The zero-order valence-corrected chi connectivity index (χ0v) is 21.6. The number of benzene rings is 1. The molecule has 1 aliphatic heterocycles. The van der Waals surface area contributed by atoms with Gasteiger partial charge in [0.25, 0.3) is 0 Å². The first-order chi connectivity index (χ1) is 14.5. The van der Waals surface area contributed by atoms with E-state index in [9.17, 15) is 8.42 Å². The minimum Gasteiger partial charge on any atom is -0.360 e. The molecule has 13 heteroatoms. The van der Waals surface area contributed by atoms with E-state index in [1.54, 1.807) is 18.6 Å². The third-order valence-electron chi connectivity index (χ3n) is 5.27. The molecule has 1 saturated heterocycles. The number of hydrogen-bond acceptors (Lipinski definition) is 8. The first kappa shape index (κ1) is 27.1. The Morgan fingerprint density at radius 1 is 0.939 bits per heavy atom. The van der Waals surface area contributed by atoms with Crippen molar-refractivity contribution in [2.45, 2.75) is 4.21 Å². The average Bonchev–Trinajstić information content (AvgIpc) is 3.45. The molecule has 0 atom stereocenters. The second-order valence-electron chi connectivity index (χ2n) is 7.26. The van der Waals surface area contributed by atoms with Crippen molar-refractivity contribution in [2.75, 3.05) is 42.2 Å². The number of anilines is 2. The number of thiophene rings is 1. The van der Waals surface area contributed by atoms with Crippen LogP contribution in [0, 0.1) is 0 Å². The molecule has 33 heavy (non-hydrogen) atoms. The van der Waals surface area contributed by atoms with E-state index in [1.165, 1.54) is 17.6 Å². The molecule has 0 unspecified atom stereocenters. The summed E-state index contributed by atoms with van der Waals surface area (Å²) < 4.78 is 23.9. The van der Waals surface area contributed by atoms with Crippen LogP contribution in [0.5, 0.6) is 0 Å². The highest BCUT2D eigenvalue weighted by molar-refractivity contribution is 7.92. The van der Waals surface area contributed by atoms with Crippen molar-refractivity contribution in [3.05, 3.63) is 49.1 Å². The van der Waals surface area contributed by atoms with Gasteiger partial charge in [0, 0.05) is 49.6 Å². The van der Waals surface area contributed by atoms with Crippen LogP contribution in [0.15, 0.2) is 53.3 Å². The largest absolute Gasteiger partial charge is 0.360 e. The van der Waals surface area contributed by atoms with Crippen molar-refractivity contribution >= 4 is 80.1 Å². The molecule has 1 aromatic carbocycles. The van der Waals surface area contributed by atoms with E-state index in [-0.39, 0.29) is 37.2 Å². The van der Waals surface area contributed by atoms with Gasteiger partial charge in [-0.25, -0.2) is 18.4 Å². The van der Waals surface area contributed by atoms with Gasteiger partial charge in [0.2, 0.25) is 0 Å². The average molecular weight is 550 g/mol. The van der Waals surface area contributed by atoms with Crippen molar-refractivity contribution in [3.8, 4) is 11.1 Å². The number of aromatic amines is 1. The van der Waals surface area contributed by atoms with Crippen LogP contribution in [0.3, 0.4) is 0 Å². The highest BCUT2D eigenvalue weighted by atomic mass is 35.5. The molecule has 0 aliphatic carbocycles. The van der Waals surface area contributed by atoms with Crippen LogP contribution in [0.1, 0.15) is 0 Å². The summed E-state index contributed by atoms with van der Waals surface area (Å²) in [4.78, 5) is 13.5. The fourth-order valence-corrected chi connectivity index (χ4v) is 5.67. The number of hydrogen-bond donors (Lipinski definition) is 1. The molecule has 8 nitrogen and oxygen atoms in total. The lowest BCUT2D eigenvalue weighted by Crippen LogP contribution is -2.46. The Bertz CT molecular complexity index is 1310. The summed E-state index contributed by atoms with van der Waals surface area (Å²) >= 11 is 1.33. The van der Waals surface area contributed by atoms with E-state index in [0.717, 1.165) is 59.0 Å². The summed E-state index contributed by atoms with van der Waals surface area (Å²) in [5.74, 6) is 0.924. The zero-order valence-electron chi connectivity index (χ0n) is 17.5. The third kappa shape index (κ3) is 5.52. The van der Waals surface area contributed by atoms with Gasteiger partial charge in [-0.2, -0.15) is 5.10 Å². The Labute approximate surface area is 214 Å². The van der Waals surface area contributed by atoms with Gasteiger partial charge in [-0.15, -0.1) is 48.6 Å². The van der Waals surface area contributed by atoms with Gasteiger partial charge in [-0.05, 0) is 29.8 Å². The third-order valence-corrected chi connectivity index (χ3v) is 8.24. The normalized spacial score (nSPS) is 13.7. The first-order valence-corrected chi connectivity index (χ1v) is 12.2. The maximum atomic E-state index is 11.8. The van der Waals surface area contributed by atoms with Gasteiger partial charge in [0.1, 0.15) is 16.4 Å². The maximum Gasteiger partial charge on any atom is 0.184 e. The van der Waals surface area contributed by atoms with Gasteiger partial charge in [-0.3, -0.25) is 5.10 Å². The molecular weight excluding hydrogens is 527 g/mol. The molecule has 0 radical (unpaired) electrons. The Hall–Kier alpha value is -2.11. The summed E-state index contributed by atoms with van der Waals surface area (Å²) in [6.45, 7) is 3.20. The number of sulfone groups is 1. The Kier molecular flexibility index (Phi) is 8.94. The van der Waals surface area contributed by atoms with Crippen molar-refractivity contribution in [2.24, 2.45) is 0 Å². The second-order valence-corrected chi connectivity index (χ2v) is 10.6. The van der Waals surface area contributed by atoms with Gasteiger partial charge < -0.3 is 9.80 Å². The van der Waals surface area contributed by atoms with Crippen LogP contribution in [0.25, 0.3) is 22.0 Å². The second kappa shape index (κ2) is 10.9. The van der Waals surface area contributed by atoms with Crippen molar-refractivity contribution in [1.82, 2.24) is 20.2 Å². The molecule has 4 aromatic rings. The molecule has 0 spiro atoms. The van der Waals surface area contributed by atoms with Gasteiger partial charge in [0.15, 0.2) is 9.84 Å². The molecular formula is C20H23Cl3N6O2S2. The van der Waals surface area contributed by atoms with Crippen LogP contribution in [-0.4, -0.2) is 61.0 Å². The molecule has 0 amide bonds. The van der Waals surface area contributed by atoms with Crippen LogP contribution in [0.4, 0.5) is 10.8 Å². The molecule has 0 saturated carbocycles. The minimum atomic E-state index is -3.16. The van der Waals surface area contributed by atoms with Crippen LogP contribution >= 0.6 is 48.6 Å². The Morgan fingerprint density at radius 3 is 2.30 bits per heavy atom. The molecule has 4 heterocycles. The summed E-state index contributed by atoms with van der Waals surface area (Å²) in [5, 5.41) is 8.89. The van der Waals surface area contributed by atoms with Gasteiger partial charge in [-0.1, -0.05) is 6.07 Å². The van der Waals surface area contributed by atoms with E-state index in [1.807, 2.05) is 24.4 Å². The number of fused-ring (bicyclic) bond motifs is 1. The lowest BCUT2D eigenvalue weighted by atomic mass is 10.1. The zero-order chi connectivity index (χ0) is 20.7. The first-order valence-electron chi connectivity index (χ1n) is 9.53. The van der Waals surface area contributed by atoms with E-state index < -0.39 is 9.84 Å².